The molecule has 0 bridgehead atoms. The highest BCUT2D eigenvalue weighted by molar-refractivity contribution is 5.97. The molecule has 1 saturated carbocycles. The SMILES string of the molecule is Cn1nc(-c2ccc(C(=O)NC3CCC(C(C)(C)O)CC3)cc2F)c2c(F)cccc21. The Morgan fingerprint density at radius 1 is 1.13 bits per heavy atom. The third kappa shape index (κ3) is 4.19. The number of aliphatic hydroxyl groups is 1. The Labute approximate surface area is 180 Å². The van der Waals surface area contributed by atoms with Crippen molar-refractivity contribution in [1.29, 1.82) is 0 Å². The van der Waals surface area contributed by atoms with E-state index in [9.17, 15) is 18.7 Å². The second-order valence-electron chi connectivity index (χ2n) is 8.98. The number of nitrogens with zero attached hydrogens (tertiary/aromatic N) is 2. The summed E-state index contributed by atoms with van der Waals surface area (Å²) < 4.78 is 30.8. The Balaban J connectivity index is 1.52. The number of fused-ring (bicyclic) bond motifs is 1. The van der Waals surface area contributed by atoms with Gasteiger partial charge in [0.1, 0.15) is 17.3 Å². The molecule has 1 aliphatic rings. The van der Waals surface area contributed by atoms with Gasteiger partial charge in [-0.3, -0.25) is 9.48 Å². The predicted molar refractivity (Wildman–Crippen MR) is 116 cm³/mol. The first kappa shape index (κ1) is 21.4. The van der Waals surface area contributed by atoms with Gasteiger partial charge in [-0.15, -0.1) is 0 Å². The summed E-state index contributed by atoms with van der Waals surface area (Å²) in [4.78, 5) is 12.7. The van der Waals surface area contributed by atoms with Crippen LogP contribution in [0.15, 0.2) is 36.4 Å². The molecule has 1 amide bonds. The number of carbonyl (C=O) groups is 1. The van der Waals surface area contributed by atoms with Crippen molar-refractivity contribution in [2.75, 3.05) is 0 Å². The Hall–Kier alpha value is -2.80. The minimum Gasteiger partial charge on any atom is -0.390 e. The van der Waals surface area contributed by atoms with Gasteiger partial charge in [0, 0.05) is 24.2 Å². The number of aromatic nitrogens is 2. The maximum absolute atomic E-state index is 14.9. The van der Waals surface area contributed by atoms with Gasteiger partial charge in [0.25, 0.3) is 5.91 Å². The van der Waals surface area contributed by atoms with Crippen LogP contribution in [0.2, 0.25) is 0 Å². The number of rotatable bonds is 4. The van der Waals surface area contributed by atoms with Crippen molar-refractivity contribution in [2.24, 2.45) is 13.0 Å². The zero-order chi connectivity index (χ0) is 22.3. The van der Waals surface area contributed by atoms with Crippen molar-refractivity contribution in [3.05, 3.63) is 53.6 Å². The zero-order valence-corrected chi connectivity index (χ0v) is 18.0. The van der Waals surface area contributed by atoms with Crippen LogP contribution in [0.5, 0.6) is 0 Å². The Kier molecular flexibility index (Phi) is 5.56. The van der Waals surface area contributed by atoms with Crippen molar-refractivity contribution >= 4 is 16.8 Å². The topological polar surface area (TPSA) is 67.2 Å². The number of carbonyl (C=O) groups excluding carboxylic acids is 1. The van der Waals surface area contributed by atoms with Crippen molar-refractivity contribution in [2.45, 2.75) is 51.2 Å². The molecule has 1 fully saturated rings. The van der Waals surface area contributed by atoms with Gasteiger partial charge in [-0.25, -0.2) is 8.78 Å². The molecule has 0 atom stereocenters. The second kappa shape index (κ2) is 8.04. The lowest BCUT2D eigenvalue weighted by Crippen LogP contribution is -2.41. The molecule has 164 valence electrons. The summed E-state index contributed by atoms with van der Waals surface area (Å²) >= 11 is 0. The van der Waals surface area contributed by atoms with E-state index in [4.69, 9.17) is 0 Å². The van der Waals surface area contributed by atoms with E-state index in [-0.39, 0.29) is 40.1 Å². The third-order valence-electron chi connectivity index (χ3n) is 6.37. The molecule has 4 rings (SSSR count). The van der Waals surface area contributed by atoms with Gasteiger partial charge in [0.05, 0.1) is 16.5 Å². The van der Waals surface area contributed by atoms with Crippen LogP contribution in [0.4, 0.5) is 8.78 Å². The summed E-state index contributed by atoms with van der Waals surface area (Å²) in [6, 6.07) is 8.82. The smallest absolute Gasteiger partial charge is 0.251 e. The van der Waals surface area contributed by atoms with E-state index < -0.39 is 17.2 Å². The summed E-state index contributed by atoms with van der Waals surface area (Å²) in [7, 11) is 1.68. The first-order valence-electron chi connectivity index (χ1n) is 10.6. The van der Waals surface area contributed by atoms with Crippen LogP contribution in [0.3, 0.4) is 0 Å². The lowest BCUT2D eigenvalue weighted by atomic mass is 9.77. The van der Waals surface area contributed by atoms with E-state index in [1.165, 1.54) is 28.9 Å². The Morgan fingerprint density at radius 3 is 2.48 bits per heavy atom. The maximum atomic E-state index is 14.9. The van der Waals surface area contributed by atoms with E-state index in [1.807, 2.05) is 13.8 Å². The van der Waals surface area contributed by atoms with Crippen LogP contribution < -0.4 is 5.32 Å². The van der Waals surface area contributed by atoms with Crippen LogP contribution >= 0.6 is 0 Å². The molecule has 31 heavy (non-hydrogen) atoms. The predicted octanol–water partition coefficient (Wildman–Crippen LogP) is 4.58. The monoisotopic (exact) mass is 427 g/mol. The van der Waals surface area contributed by atoms with Gasteiger partial charge < -0.3 is 10.4 Å². The van der Waals surface area contributed by atoms with Crippen molar-refractivity contribution in [3.8, 4) is 11.3 Å². The fourth-order valence-electron chi connectivity index (χ4n) is 4.52. The van der Waals surface area contributed by atoms with Crippen LogP contribution in [-0.2, 0) is 7.05 Å². The third-order valence-corrected chi connectivity index (χ3v) is 6.37. The first-order chi connectivity index (χ1) is 14.6. The van der Waals surface area contributed by atoms with E-state index in [1.54, 1.807) is 19.2 Å². The number of hydrogen-bond acceptors (Lipinski definition) is 3. The molecule has 7 heteroatoms. The lowest BCUT2D eigenvalue weighted by molar-refractivity contribution is -0.00257. The fraction of sp³-hybridized carbons (Fsp3) is 0.417. The number of benzene rings is 2. The highest BCUT2D eigenvalue weighted by atomic mass is 19.1. The quantitative estimate of drug-likeness (QED) is 0.641. The molecule has 2 aromatic carbocycles. The minimum atomic E-state index is -0.719. The molecule has 1 heterocycles. The Morgan fingerprint density at radius 2 is 1.84 bits per heavy atom. The first-order valence-corrected chi connectivity index (χ1v) is 10.6. The standard InChI is InChI=1S/C24H27F2N3O2/c1-24(2,31)15-8-10-16(11-9-15)27-23(30)14-7-12-17(19(26)13-14)22-21-18(25)5-4-6-20(21)29(3)28-22/h4-7,12-13,15-16,31H,8-11H2,1-3H3,(H,27,30). The van der Waals surface area contributed by atoms with Crippen LogP contribution in [0.1, 0.15) is 49.9 Å². The average molecular weight is 427 g/mol. The van der Waals surface area contributed by atoms with E-state index in [2.05, 4.69) is 10.4 Å². The van der Waals surface area contributed by atoms with E-state index >= 15 is 0 Å². The normalized spacial score (nSPS) is 19.5. The highest BCUT2D eigenvalue weighted by Crippen LogP contribution is 2.33. The zero-order valence-electron chi connectivity index (χ0n) is 18.0. The van der Waals surface area contributed by atoms with Crippen molar-refractivity contribution in [3.63, 3.8) is 0 Å². The highest BCUT2D eigenvalue weighted by Gasteiger charge is 2.32. The van der Waals surface area contributed by atoms with Crippen LogP contribution in [0.25, 0.3) is 22.2 Å². The molecule has 0 spiro atoms. The molecule has 0 radical (unpaired) electrons. The molecule has 0 saturated heterocycles. The summed E-state index contributed by atoms with van der Waals surface area (Å²) in [5.41, 5.74) is 0.427. The fourth-order valence-corrected chi connectivity index (χ4v) is 4.52. The van der Waals surface area contributed by atoms with Crippen molar-refractivity contribution in [1.82, 2.24) is 15.1 Å². The number of hydrogen-bond donors (Lipinski definition) is 2. The van der Waals surface area contributed by atoms with Gasteiger partial charge in [0.15, 0.2) is 0 Å². The summed E-state index contributed by atoms with van der Waals surface area (Å²) in [5, 5.41) is 17.7. The molecule has 5 nitrogen and oxygen atoms in total. The number of nitrogens with one attached hydrogen (secondary N) is 1. The minimum absolute atomic E-state index is 0.00247. The lowest BCUT2D eigenvalue weighted by Gasteiger charge is -2.36. The summed E-state index contributed by atoms with van der Waals surface area (Å²) in [6.45, 7) is 3.63. The molecule has 2 N–H and O–H groups in total. The summed E-state index contributed by atoms with van der Waals surface area (Å²) in [5.74, 6) is -1.22. The maximum Gasteiger partial charge on any atom is 0.251 e. The van der Waals surface area contributed by atoms with Gasteiger partial charge in [-0.2, -0.15) is 5.10 Å². The number of halogens is 2. The average Bonchev–Trinajstić information content (AvgIpc) is 3.05. The van der Waals surface area contributed by atoms with Gasteiger partial charge in [-0.05, 0) is 75.8 Å². The largest absolute Gasteiger partial charge is 0.390 e. The van der Waals surface area contributed by atoms with Crippen LogP contribution in [0, 0.1) is 17.6 Å². The molecular formula is C24H27F2N3O2. The van der Waals surface area contributed by atoms with E-state index in [0.717, 1.165) is 25.7 Å². The molecule has 1 aliphatic carbocycles. The summed E-state index contributed by atoms with van der Waals surface area (Å²) in [6.07, 6.45) is 3.22. The molecule has 3 aromatic rings. The van der Waals surface area contributed by atoms with E-state index in [0.29, 0.717) is 5.52 Å². The molecular weight excluding hydrogens is 400 g/mol. The molecule has 0 unspecified atom stereocenters. The molecule has 0 aliphatic heterocycles. The number of aryl methyl sites for hydroxylation is 1. The van der Waals surface area contributed by atoms with Gasteiger partial charge in [-0.1, -0.05) is 6.07 Å². The number of amides is 1. The van der Waals surface area contributed by atoms with Crippen molar-refractivity contribution < 1.29 is 18.7 Å². The second-order valence-corrected chi connectivity index (χ2v) is 8.98. The van der Waals surface area contributed by atoms with Gasteiger partial charge >= 0.3 is 0 Å². The molecule has 1 aromatic heterocycles. The van der Waals surface area contributed by atoms with Gasteiger partial charge in [0.2, 0.25) is 0 Å². The van der Waals surface area contributed by atoms with Crippen LogP contribution in [-0.4, -0.2) is 32.4 Å². The Bertz CT molecular complexity index is 1130.